The molecule has 1 aliphatic rings. The molecule has 7 nitrogen and oxygen atoms in total. The summed E-state index contributed by atoms with van der Waals surface area (Å²) in [5, 5.41) is 0. The lowest BCUT2D eigenvalue weighted by atomic mass is 9.93. The normalized spacial score (nSPS) is 17.5. The molecular formula is C20H26N4O3. The molecule has 1 amide bonds. The SMILES string of the molecule is COc1cccc(Oc2cncc(C3CCCN(C(=O)C(C)(C)N)C3)n2)c1. The standard InChI is InChI=1S/C20H26N4O3/c1-20(2,21)19(25)24-9-5-6-14(13-24)17-11-22-12-18(23-17)27-16-8-4-7-15(10-16)26-3/h4,7-8,10-12,14H,5-6,9,13,21H2,1-3H3. The summed E-state index contributed by atoms with van der Waals surface area (Å²) < 4.78 is 11.0. The number of nitrogens with two attached hydrogens (primary N) is 1. The number of methoxy groups -OCH3 is 1. The summed E-state index contributed by atoms with van der Waals surface area (Å²) in [6.45, 7) is 4.79. The number of aromatic nitrogens is 2. The van der Waals surface area contributed by atoms with Crippen LogP contribution in [0.25, 0.3) is 0 Å². The first-order valence-electron chi connectivity index (χ1n) is 9.09. The number of ether oxygens (including phenoxy) is 2. The third-order valence-electron chi connectivity index (χ3n) is 4.57. The van der Waals surface area contributed by atoms with Crippen molar-refractivity contribution in [2.45, 2.75) is 38.1 Å². The van der Waals surface area contributed by atoms with Crippen LogP contribution >= 0.6 is 0 Å². The highest BCUT2D eigenvalue weighted by Gasteiger charge is 2.32. The van der Waals surface area contributed by atoms with Crippen molar-refractivity contribution in [3.05, 3.63) is 42.4 Å². The zero-order chi connectivity index (χ0) is 19.4. The summed E-state index contributed by atoms with van der Waals surface area (Å²) in [6, 6.07) is 7.33. The second-order valence-electron chi connectivity index (χ2n) is 7.38. The Kier molecular flexibility index (Phi) is 5.60. The van der Waals surface area contributed by atoms with Gasteiger partial charge in [-0.05, 0) is 38.8 Å². The molecule has 1 aromatic carbocycles. The predicted molar refractivity (Wildman–Crippen MR) is 102 cm³/mol. The second kappa shape index (κ2) is 7.92. The number of carbonyl (C=O) groups excluding carboxylic acids is 1. The van der Waals surface area contributed by atoms with Gasteiger partial charge in [0.15, 0.2) is 0 Å². The van der Waals surface area contributed by atoms with Gasteiger partial charge >= 0.3 is 0 Å². The number of likely N-dealkylation sites (tertiary alicyclic amines) is 1. The van der Waals surface area contributed by atoms with Gasteiger partial charge in [0.25, 0.3) is 0 Å². The third kappa shape index (κ3) is 4.74. The van der Waals surface area contributed by atoms with Crippen molar-refractivity contribution in [1.29, 1.82) is 0 Å². The van der Waals surface area contributed by atoms with E-state index in [-0.39, 0.29) is 11.8 Å². The van der Waals surface area contributed by atoms with Gasteiger partial charge in [-0.15, -0.1) is 0 Å². The molecule has 1 saturated heterocycles. The molecule has 1 atom stereocenters. The first kappa shape index (κ1) is 19.1. The van der Waals surface area contributed by atoms with Gasteiger partial charge in [-0.25, -0.2) is 4.98 Å². The third-order valence-corrected chi connectivity index (χ3v) is 4.57. The van der Waals surface area contributed by atoms with Crippen LogP contribution in [0.5, 0.6) is 17.4 Å². The van der Waals surface area contributed by atoms with Gasteiger partial charge in [0.05, 0.1) is 24.5 Å². The molecule has 0 aliphatic carbocycles. The fraction of sp³-hybridized carbons (Fsp3) is 0.450. The van der Waals surface area contributed by atoms with E-state index in [1.807, 2.05) is 23.1 Å². The highest BCUT2D eigenvalue weighted by atomic mass is 16.5. The Hall–Kier alpha value is -2.67. The number of benzene rings is 1. The molecule has 144 valence electrons. The van der Waals surface area contributed by atoms with Crippen molar-refractivity contribution in [3.8, 4) is 17.4 Å². The van der Waals surface area contributed by atoms with Gasteiger partial charge in [0, 0.05) is 31.3 Å². The molecule has 0 spiro atoms. The molecule has 2 heterocycles. The molecule has 1 aromatic heterocycles. The van der Waals surface area contributed by atoms with Crippen LogP contribution in [-0.4, -0.2) is 46.5 Å². The Bertz CT molecular complexity index is 804. The van der Waals surface area contributed by atoms with Gasteiger partial charge in [0.1, 0.15) is 11.5 Å². The zero-order valence-electron chi connectivity index (χ0n) is 16.0. The lowest BCUT2D eigenvalue weighted by molar-refractivity contribution is -0.137. The zero-order valence-corrected chi connectivity index (χ0v) is 16.0. The first-order valence-corrected chi connectivity index (χ1v) is 9.09. The monoisotopic (exact) mass is 370 g/mol. The van der Waals surface area contributed by atoms with Crippen LogP contribution in [-0.2, 0) is 4.79 Å². The van der Waals surface area contributed by atoms with E-state index in [1.165, 1.54) is 0 Å². The molecular weight excluding hydrogens is 344 g/mol. The van der Waals surface area contributed by atoms with Crippen LogP contribution in [0.3, 0.4) is 0 Å². The Morgan fingerprint density at radius 3 is 2.81 bits per heavy atom. The number of hydrogen-bond acceptors (Lipinski definition) is 6. The van der Waals surface area contributed by atoms with Crippen LogP contribution in [0.1, 0.15) is 38.3 Å². The average Bonchev–Trinajstić information content (AvgIpc) is 2.67. The quantitative estimate of drug-likeness (QED) is 0.870. The Morgan fingerprint density at radius 1 is 1.30 bits per heavy atom. The Morgan fingerprint density at radius 2 is 2.07 bits per heavy atom. The summed E-state index contributed by atoms with van der Waals surface area (Å²) in [4.78, 5) is 23.2. The van der Waals surface area contributed by atoms with Crippen LogP contribution in [0.4, 0.5) is 0 Å². The second-order valence-corrected chi connectivity index (χ2v) is 7.38. The number of piperidine rings is 1. The van der Waals surface area contributed by atoms with E-state index < -0.39 is 5.54 Å². The van der Waals surface area contributed by atoms with Gasteiger partial charge < -0.3 is 20.1 Å². The molecule has 0 radical (unpaired) electrons. The van der Waals surface area contributed by atoms with Crippen LogP contribution in [0.2, 0.25) is 0 Å². The maximum Gasteiger partial charge on any atom is 0.242 e. The van der Waals surface area contributed by atoms with E-state index in [1.54, 1.807) is 39.4 Å². The fourth-order valence-corrected chi connectivity index (χ4v) is 3.20. The molecule has 2 aromatic rings. The van der Waals surface area contributed by atoms with E-state index in [9.17, 15) is 4.79 Å². The lowest BCUT2D eigenvalue weighted by Crippen LogP contribution is -2.53. The molecule has 3 rings (SSSR count). The average molecular weight is 370 g/mol. The number of rotatable bonds is 5. The molecule has 2 N–H and O–H groups in total. The van der Waals surface area contributed by atoms with Crippen molar-refractivity contribution < 1.29 is 14.3 Å². The highest BCUT2D eigenvalue weighted by molar-refractivity contribution is 5.85. The van der Waals surface area contributed by atoms with Gasteiger partial charge in [-0.2, -0.15) is 0 Å². The maximum atomic E-state index is 12.5. The van der Waals surface area contributed by atoms with E-state index in [0.717, 1.165) is 25.1 Å². The minimum atomic E-state index is -0.870. The van der Waals surface area contributed by atoms with Crippen molar-refractivity contribution in [1.82, 2.24) is 14.9 Å². The van der Waals surface area contributed by atoms with E-state index in [0.29, 0.717) is 23.9 Å². The number of carbonyl (C=O) groups is 1. The predicted octanol–water partition coefficient (Wildman–Crippen LogP) is 2.72. The highest BCUT2D eigenvalue weighted by Crippen LogP contribution is 2.29. The smallest absolute Gasteiger partial charge is 0.242 e. The van der Waals surface area contributed by atoms with Crippen molar-refractivity contribution in [2.75, 3.05) is 20.2 Å². The van der Waals surface area contributed by atoms with Gasteiger partial charge in [-0.3, -0.25) is 9.78 Å². The van der Waals surface area contributed by atoms with E-state index >= 15 is 0 Å². The number of hydrogen-bond donors (Lipinski definition) is 1. The molecule has 27 heavy (non-hydrogen) atoms. The molecule has 7 heteroatoms. The van der Waals surface area contributed by atoms with Crippen molar-refractivity contribution >= 4 is 5.91 Å². The minimum Gasteiger partial charge on any atom is -0.497 e. The molecule has 1 unspecified atom stereocenters. The summed E-state index contributed by atoms with van der Waals surface area (Å²) in [5.41, 5.74) is 5.93. The van der Waals surface area contributed by atoms with Crippen LogP contribution in [0.15, 0.2) is 36.7 Å². The van der Waals surface area contributed by atoms with E-state index in [4.69, 9.17) is 15.2 Å². The summed E-state index contributed by atoms with van der Waals surface area (Å²) in [6.07, 6.45) is 5.18. The number of amides is 1. The van der Waals surface area contributed by atoms with Crippen molar-refractivity contribution in [2.24, 2.45) is 5.73 Å². The molecule has 1 fully saturated rings. The van der Waals surface area contributed by atoms with Gasteiger partial charge in [0.2, 0.25) is 11.8 Å². The lowest BCUT2D eigenvalue weighted by Gasteiger charge is -2.36. The Labute approximate surface area is 159 Å². The topological polar surface area (TPSA) is 90.6 Å². The minimum absolute atomic E-state index is 0.0380. The summed E-state index contributed by atoms with van der Waals surface area (Å²) in [7, 11) is 1.61. The maximum absolute atomic E-state index is 12.5. The van der Waals surface area contributed by atoms with E-state index in [2.05, 4.69) is 9.97 Å². The number of nitrogens with zero attached hydrogens (tertiary/aromatic N) is 3. The summed E-state index contributed by atoms with van der Waals surface area (Å²) >= 11 is 0. The molecule has 0 bridgehead atoms. The van der Waals surface area contributed by atoms with Crippen molar-refractivity contribution in [3.63, 3.8) is 0 Å². The molecule has 0 saturated carbocycles. The van der Waals surface area contributed by atoms with Crippen LogP contribution in [0, 0.1) is 0 Å². The first-order chi connectivity index (χ1) is 12.9. The van der Waals surface area contributed by atoms with Crippen LogP contribution < -0.4 is 15.2 Å². The Balaban J connectivity index is 1.73. The largest absolute Gasteiger partial charge is 0.497 e. The van der Waals surface area contributed by atoms with Gasteiger partial charge in [-0.1, -0.05) is 6.07 Å². The molecule has 1 aliphatic heterocycles. The fourth-order valence-electron chi connectivity index (χ4n) is 3.20. The summed E-state index contributed by atoms with van der Waals surface area (Å²) in [5.74, 6) is 1.84.